The number of hydrogen-bond donors (Lipinski definition) is 0. The van der Waals surface area contributed by atoms with Crippen LogP contribution in [0.3, 0.4) is 0 Å². The first-order valence-electron chi connectivity index (χ1n) is 4.73. The molecule has 3 nitrogen and oxygen atoms in total. The normalized spacial score (nSPS) is 29.3. The van der Waals surface area contributed by atoms with Crippen molar-refractivity contribution in [3.05, 3.63) is 35.4 Å². The third-order valence-electron chi connectivity index (χ3n) is 2.78. The molecule has 2 aliphatic rings. The second kappa shape index (κ2) is 2.82. The maximum atomic E-state index is 11.1. The second-order valence-corrected chi connectivity index (χ2v) is 3.66. The maximum absolute atomic E-state index is 11.1. The zero-order chi connectivity index (χ0) is 9.54. The Kier molecular flexibility index (Phi) is 1.61. The number of carbonyl (C=O) groups excluding carboxylic acids is 1. The molecule has 0 saturated carbocycles. The number of carbonyl (C=O) groups is 1. The van der Waals surface area contributed by atoms with E-state index >= 15 is 0 Å². The highest BCUT2D eigenvalue weighted by Gasteiger charge is 2.40. The minimum atomic E-state index is -0.174. The second-order valence-electron chi connectivity index (χ2n) is 3.66. The lowest BCUT2D eigenvalue weighted by molar-refractivity contribution is -0.142. The first-order chi connectivity index (χ1) is 6.84. The van der Waals surface area contributed by atoms with Gasteiger partial charge in [0.2, 0.25) is 0 Å². The molecule has 1 aromatic rings. The fraction of sp³-hybridized carbons (Fsp3) is 0.364. The molecule has 1 saturated heterocycles. The smallest absolute Gasteiger partial charge is 0.309 e. The largest absolute Gasteiger partial charge is 0.455 e. The predicted molar refractivity (Wildman–Crippen MR) is 48.5 cm³/mol. The number of ether oxygens (including phenoxy) is 2. The number of rotatable bonds is 0. The van der Waals surface area contributed by atoms with Gasteiger partial charge in [-0.25, -0.2) is 0 Å². The van der Waals surface area contributed by atoms with Gasteiger partial charge in [-0.1, -0.05) is 24.3 Å². The number of esters is 1. The molecule has 1 fully saturated rings. The lowest BCUT2D eigenvalue weighted by Crippen LogP contribution is -2.23. The summed E-state index contributed by atoms with van der Waals surface area (Å²) in [7, 11) is 0. The van der Waals surface area contributed by atoms with E-state index in [2.05, 4.69) is 0 Å². The Labute approximate surface area is 81.6 Å². The van der Waals surface area contributed by atoms with Gasteiger partial charge in [0, 0.05) is 5.56 Å². The Morgan fingerprint density at radius 1 is 1.29 bits per heavy atom. The van der Waals surface area contributed by atoms with E-state index in [1.54, 1.807) is 0 Å². The van der Waals surface area contributed by atoms with Crippen molar-refractivity contribution in [2.45, 2.75) is 25.2 Å². The van der Waals surface area contributed by atoms with Gasteiger partial charge in [-0.05, 0) is 5.56 Å². The van der Waals surface area contributed by atoms with Crippen LogP contribution in [0.1, 0.15) is 23.7 Å². The van der Waals surface area contributed by atoms with Gasteiger partial charge in [-0.3, -0.25) is 4.79 Å². The summed E-state index contributed by atoms with van der Waals surface area (Å²) in [5, 5.41) is 0. The summed E-state index contributed by atoms with van der Waals surface area (Å²) < 4.78 is 10.8. The SMILES string of the molecule is O=C1C[C@@H]2OCc3ccccc3[C@@H]2O1. The topological polar surface area (TPSA) is 35.5 Å². The summed E-state index contributed by atoms with van der Waals surface area (Å²) in [4.78, 5) is 11.1. The van der Waals surface area contributed by atoms with Gasteiger partial charge in [0.25, 0.3) is 0 Å². The quantitative estimate of drug-likeness (QED) is 0.582. The Balaban J connectivity index is 2.05. The highest BCUT2D eigenvalue weighted by molar-refractivity contribution is 5.73. The Bertz CT molecular complexity index is 386. The number of hydrogen-bond acceptors (Lipinski definition) is 3. The van der Waals surface area contributed by atoms with E-state index in [4.69, 9.17) is 9.47 Å². The summed E-state index contributed by atoms with van der Waals surface area (Å²) >= 11 is 0. The van der Waals surface area contributed by atoms with Gasteiger partial charge in [0.15, 0.2) is 6.10 Å². The molecule has 0 bridgehead atoms. The Morgan fingerprint density at radius 2 is 2.14 bits per heavy atom. The van der Waals surface area contributed by atoms with E-state index < -0.39 is 0 Å². The van der Waals surface area contributed by atoms with Crippen LogP contribution in [0.4, 0.5) is 0 Å². The van der Waals surface area contributed by atoms with Gasteiger partial charge in [0.05, 0.1) is 13.0 Å². The van der Waals surface area contributed by atoms with E-state index in [1.165, 1.54) is 0 Å². The van der Waals surface area contributed by atoms with Crippen LogP contribution in [0.25, 0.3) is 0 Å². The number of fused-ring (bicyclic) bond motifs is 3. The van der Waals surface area contributed by atoms with Crippen molar-refractivity contribution in [1.29, 1.82) is 0 Å². The van der Waals surface area contributed by atoms with Crippen molar-refractivity contribution < 1.29 is 14.3 Å². The average Bonchev–Trinajstić information content (AvgIpc) is 2.59. The first-order valence-corrected chi connectivity index (χ1v) is 4.73. The van der Waals surface area contributed by atoms with Gasteiger partial charge in [-0.15, -0.1) is 0 Å². The highest BCUT2D eigenvalue weighted by Crippen LogP contribution is 2.38. The molecular weight excluding hydrogens is 180 g/mol. The zero-order valence-corrected chi connectivity index (χ0v) is 7.60. The van der Waals surface area contributed by atoms with Crippen LogP contribution in [-0.4, -0.2) is 12.1 Å². The third-order valence-corrected chi connectivity index (χ3v) is 2.78. The molecule has 0 aromatic heterocycles. The van der Waals surface area contributed by atoms with Gasteiger partial charge >= 0.3 is 5.97 Å². The minimum absolute atomic E-state index is 0.0719. The summed E-state index contributed by atoms with van der Waals surface area (Å²) in [6.07, 6.45) is 0.142. The molecule has 0 amide bonds. The molecule has 0 aliphatic carbocycles. The number of benzene rings is 1. The van der Waals surface area contributed by atoms with Crippen LogP contribution in [-0.2, 0) is 20.9 Å². The summed E-state index contributed by atoms with van der Waals surface area (Å²) in [6, 6.07) is 7.96. The van der Waals surface area contributed by atoms with Crippen molar-refractivity contribution in [3.63, 3.8) is 0 Å². The van der Waals surface area contributed by atoms with E-state index in [0.29, 0.717) is 13.0 Å². The molecule has 14 heavy (non-hydrogen) atoms. The van der Waals surface area contributed by atoms with E-state index in [1.807, 2.05) is 24.3 Å². The lowest BCUT2D eigenvalue weighted by atomic mass is 9.96. The summed E-state index contributed by atoms with van der Waals surface area (Å²) in [5.41, 5.74) is 2.23. The van der Waals surface area contributed by atoms with Crippen molar-refractivity contribution in [1.82, 2.24) is 0 Å². The van der Waals surface area contributed by atoms with Crippen molar-refractivity contribution in [2.24, 2.45) is 0 Å². The van der Waals surface area contributed by atoms with E-state index in [0.717, 1.165) is 11.1 Å². The van der Waals surface area contributed by atoms with Crippen LogP contribution in [0, 0.1) is 0 Å². The summed E-state index contributed by atoms with van der Waals surface area (Å²) in [5.74, 6) is -0.156. The molecule has 2 atom stereocenters. The van der Waals surface area contributed by atoms with Gasteiger partial charge < -0.3 is 9.47 Å². The van der Waals surface area contributed by atoms with Gasteiger partial charge in [-0.2, -0.15) is 0 Å². The van der Waals surface area contributed by atoms with Crippen molar-refractivity contribution >= 4 is 5.97 Å². The van der Waals surface area contributed by atoms with E-state index in [9.17, 15) is 4.79 Å². The molecule has 1 aromatic carbocycles. The minimum Gasteiger partial charge on any atom is -0.455 e. The van der Waals surface area contributed by atoms with E-state index in [-0.39, 0.29) is 18.2 Å². The van der Waals surface area contributed by atoms with Crippen LogP contribution >= 0.6 is 0 Å². The Morgan fingerprint density at radius 3 is 3.07 bits per heavy atom. The molecular formula is C11H10O3. The summed E-state index contributed by atoms with van der Waals surface area (Å²) in [6.45, 7) is 0.591. The average molecular weight is 190 g/mol. The fourth-order valence-electron chi connectivity index (χ4n) is 2.09. The molecule has 0 spiro atoms. The maximum Gasteiger partial charge on any atom is 0.309 e. The third kappa shape index (κ3) is 1.06. The predicted octanol–water partition coefficient (Wildman–Crippen LogP) is 1.57. The fourth-order valence-corrected chi connectivity index (χ4v) is 2.09. The molecule has 72 valence electrons. The molecule has 0 radical (unpaired) electrons. The highest BCUT2D eigenvalue weighted by atomic mass is 16.6. The van der Waals surface area contributed by atoms with Crippen molar-refractivity contribution in [3.8, 4) is 0 Å². The lowest BCUT2D eigenvalue weighted by Gasteiger charge is -2.26. The molecule has 0 N–H and O–H groups in total. The van der Waals surface area contributed by atoms with Crippen LogP contribution in [0.15, 0.2) is 24.3 Å². The first kappa shape index (κ1) is 8.00. The monoisotopic (exact) mass is 190 g/mol. The molecule has 2 heterocycles. The van der Waals surface area contributed by atoms with Crippen LogP contribution in [0.2, 0.25) is 0 Å². The van der Waals surface area contributed by atoms with Crippen molar-refractivity contribution in [2.75, 3.05) is 0 Å². The molecule has 3 rings (SSSR count). The molecule has 3 heteroatoms. The Hall–Kier alpha value is -1.35. The molecule has 2 aliphatic heterocycles. The van der Waals surface area contributed by atoms with Gasteiger partial charge in [0.1, 0.15) is 6.10 Å². The molecule has 0 unspecified atom stereocenters. The zero-order valence-electron chi connectivity index (χ0n) is 7.60. The standard InChI is InChI=1S/C11H10O3/c12-10-5-9-11(14-10)8-4-2-1-3-7(8)6-13-9/h1-4,9,11H,5-6H2/t9-,11-/m0/s1. The van der Waals surface area contributed by atoms with Crippen LogP contribution < -0.4 is 0 Å². The van der Waals surface area contributed by atoms with Crippen LogP contribution in [0.5, 0.6) is 0 Å².